The third-order valence-corrected chi connectivity index (χ3v) is 5.29. The number of carbonyl (C=O) groups excluding carboxylic acids is 1. The van der Waals surface area contributed by atoms with Crippen LogP contribution in [0.2, 0.25) is 0 Å². The summed E-state index contributed by atoms with van der Waals surface area (Å²) >= 11 is 0. The van der Waals surface area contributed by atoms with Crippen LogP contribution < -0.4 is 9.62 Å². The van der Waals surface area contributed by atoms with Gasteiger partial charge in [0.15, 0.2) is 0 Å². The van der Waals surface area contributed by atoms with Crippen molar-refractivity contribution in [1.29, 1.82) is 0 Å². The second-order valence-electron chi connectivity index (χ2n) is 5.87. The molecule has 0 aliphatic rings. The smallest absolute Gasteiger partial charge is 0.337 e. The van der Waals surface area contributed by atoms with Gasteiger partial charge in [-0.25, -0.2) is 17.9 Å². The fourth-order valence-corrected chi connectivity index (χ4v) is 3.31. The lowest BCUT2D eigenvalue weighted by Crippen LogP contribution is -2.28. The van der Waals surface area contributed by atoms with Crippen molar-refractivity contribution in [2.75, 3.05) is 32.6 Å². The van der Waals surface area contributed by atoms with Gasteiger partial charge in [0.1, 0.15) is 0 Å². The van der Waals surface area contributed by atoms with Crippen molar-refractivity contribution in [2.45, 2.75) is 11.0 Å². The van der Waals surface area contributed by atoms with Crippen molar-refractivity contribution in [1.82, 2.24) is 4.72 Å². The van der Waals surface area contributed by atoms with E-state index in [1.54, 1.807) is 12.1 Å². The number of nitrogens with zero attached hydrogens (tertiary/aromatic N) is 1. The van der Waals surface area contributed by atoms with Crippen LogP contribution in [-0.2, 0) is 14.8 Å². The molecule has 0 bridgehead atoms. The Bertz CT molecular complexity index is 846. The molecule has 2 rings (SSSR count). The summed E-state index contributed by atoms with van der Waals surface area (Å²) in [5.74, 6) is -0.543. The third kappa shape index (κ3) is 4.81. The van der Waals surface area contributed by atoms with E-state index in [-0.39, 0.29) is 17.0 Å². The fourth-order valence-electron chi connectivity index (χ4n) is 2.27. The van der Waals surface area contributed by atoms with E-state index in [0.717, 1.165) is 5.69 Å². The first-order valence-electron chi connectivity index (χ1n) is 7.88. The molecule has 0 saturated carbocycles. The average molecular weight is 378 g/mol. The van der Waals surface area contributed by atoms with E-state index < -0.39 is 22.1 Å². The van der Waals surface area contributed by atoms with Gasteiger partial charge in [0.25, 0.3) is 0 Å². The number of ether oxygens (including phenoxy) is 1. The molecule has 1 atom stereocenters. The molecule has 0 amide bonds. The standard InChI is InChI=1S/C18H22N2O5S/c1-20(2)15-8-4-13(5-9-15)17(21)12-19-26(23,24)16-10-6-14(7-11-16)18(22)25-3/h4-11,17,19,21H,12H2,1-3H3. The minimum atomic E-state index is -3.80. The first-order valence-corrected chi connectivity index (χ1v) is 9.36. The maximum absolute atomic E-state index is 12.3. The zero-order chi connectivity index (χ0) is 19.3. The molecule has 0 aromatic heterocycles. The summed E-state index contributed by atoms with van der Waals surface area (Å²) < 4.78 is 31.6. The highest BCUT2D eigenvalue weighted by Crippen LogP contribution is 2.18. The molecule has 0 spiro atoms. The highest BCUT2D eigenvalue weighted by Gasteiger charge is 2.17. The number of hydrogen-bond acceptors (Lipinski definition) is 6. The lowest BCUT2D eigenvalue weighted by Gasteiger charge is -2.16. The summed E-state index contributed by atoms with van der Waals surface area (Å²) in [5.41, 5.74) is 1.85. The van der Waals surface area contributed by atoms with Crippen LogP contribution in [0.3, 0.4) is 0 Å². The Kier molecular flexibility index (Phi) is 6.36. The highest BCUT2D eigenvalue weighted by atomic mass is 32.2. The van der Waals surface area contributed by atoms with Gasteiger partial charge in [0.2, 0.25) is 10.0 Å². The summed E-state index contributed by atoms with van der Waals surface area (Å²) in [6.07, 6.45) is -0.977. The molecular formula is C18H22N2O5S. The SMILES string of the molecule is COC(=O)c1ccc(S(=O)(=O)NCC(O)c2ccc(N(C)C)cc2)cc1. The Morgan fingerprint density at radius 3 is 2.19 bits per heavy atom. The van der Waals surface area contributed by atoms with Gasteiger partial charge in [0.05, 0.1) is 23.7 Å². The highest BCUT2D eigenvalue weighted by molar-refractivity contribution is 7.89. The molecule has 2 aromatic carbocycles. The molecule has 0 aliphatic carbocycles. The average Bonchev–Trinajstić information content (AvgIpc) is 2.65. The van der Waals surface area contributed by atoms with Crippen molar-refractivity contribution in [3.05, 3.63) is 59.7 Å². The lowest BCUT2D eigenvalue weighted by atomic mass is 10.1. The molecule has 0 heterocycles. The van der Waals surface area contributed by atoms with Crippen LogP contribution in [0.1, 0.15) is 22.0 Å². The van der Waals surface area contributed by atoms with E-state index in [1.807, 2.05) is 31.1 Å². The van der Waals surface area contributed by atoms with Gasteiger partial charge in [-0.3, -0.25) is 0 Å². The van der Waals surface area contributed by atoms with E-state index in [0.29, 0.717) is 5.56 Å². The minimum Gasteiger partial charge on any atom is -0.465 e. The minimum absolute atomic E-state index is 0.000286. The zero-order valence-electron chi connectivity index (χ0n) is 14.8. The molecule has 0 saturated heterocycles. The molecule has 0 fully saturated rings. The maximum atomic E-state index is 12.3. The van der Waals surface area contributed by atoms with Crippen LogP contribution in [0.4, 0.5) is 5.69 Å². The number of aliphatic hydroxyl groups is 1. The summed E-state index contributed by atoms with van der Waals surface area (Å²) in [7, 11) is 1.26. The van der Waals surface area contributed by atoms with Crippen LogP contribution in [0.5, 0.6) is 0 Å². The largest absolute Gasteiger partial charge is 0.465 e. The number of sulfonamides is 1. The van der Waals surface area contributed by atoms with Crippen LogP contribution in [0.25, 0.3) is 0 Å². The zero-order valence-corrected chi connectivity index (χ0v) is 15.7. The number of esters is 1. The Labute approximate surface area is 153 Å². The number of rotatable bonds is 7. The van der Waals surface area contributed by atoms with E-state index in [9.17, 15) is 18.3 Å². The lowest BCUT2D eigenvalue weighted by molar-refractivity contribution is 0.0600. The van der Waals surface area contributed by atoms with Crippen LogP contribution in [0.15, 0.2) is 53.4 Å². The van der Waals surface area contributed by atoms with Crippen molar-refractivity contribution in [3.63, 3.8) is 0 Å². The number of hydrogen-bond donors (Lipinski definition) is 2. The maximum Gasteiger partial charge on any atom is 0.337 e. The molecule has 2 aromatic rings. The van der Waals surface area contributed by atoms with Crippen molar-refractivity contribution >= 4 is 21.7 Å². The van der Waals surface area contributed by atoms with E-state index in [2.05, 4.69) is 9.46 Å². The second-order valence-corrected chi connectivity index (χ2v) is 7.64. The van der Waals surface area contributed by atoms with Crippen molar-refractivity contribution < 1.29 is 23.1 Å². The number of anilines is 1. The topological polar surface area (TPSA) is 95.9 Å². The Morgan fingerprint density at radius 2 is 1.69 bits per heavy atom. The van der Waals surface area contributed by atoms with Gasteiger partial charge >= 0.3 is 5.97 Å². The summed E-state index contributed by atoms with van der Waals surface area (Å²) in [5, 5.41) is 10.2. The molecular weight excluding hydrogens is 356 g/mol. The predicted octanol–water partition coefficient (Wildman–Crippen LogP) is 1.55. The number of benzene rings is 2. The Hall–Kier alpha value is -2.42. The molecule has 8 heteroatoms. The summed E-state index contributed by atoms with van der Waals surface area (Å²) in [6.45, 7) is -0.164. The summed E-state index contributed by atoms with van der Waals surface area (Å²) in [6, 6.07) is 12.6. The van der Waals surface area contributed by atoms with Gasteiger partial charge in [-0.15, -0.1) is 0 Å². The predicted molar refractivity (Wildman–Crippen MR) is 98.7 cm³/mol. The normalized spacial score (nSPS) is 12.5. The van der Waals surface area contributed by atoms with E-state index in [4.69, 9.17) is 0 Å². The molecule has 2 N–H and O–H groups in total. The Morgan fingerprint density at radius 1 is 1.12 bits per heavy atom. The van der Waals surface area contributed by atoms with Crippen LogP contribution >= 0.6 is 0 Å². The molecule has 26 heavy (non-hydrogen) atoms. The van der Waals surface area contributed by atoms with E-state index >= 15 is 0 Å². The van der Waals surface area contributed by atoms with Crippen molar-refractivity contribution in [3.8, 4) is 0 Å². The van der Waals surface area contributed by atoms with Crippen molar-refractivity contribution in [2.24, 2.45) is 0 Å². The molecule has 0 aliphatic heterocycles. The van der Waals surface area contributed by atoms with E-state index in [1.165, 1.54) is 31.4 Å². The van der Waals surface area contributed by atoms with Gasteiger partial charge in [0, 0.05) is 26.3 Å². The molecule has 1 unspecified atom stereocenters. The fraction of sp³-hybridized carbons (Fsp3) is 0.278. The monoisotopic (exact) mass is 378 g/mol. The molecule has 140 valence electrons. The van der Waals surface area contributed by atoms with Gasteiger partial charge in [-0.05, 0) is 42.0 Å². The third-order valence-electron chi connectivity index (χ3n) is 3.85. The van der Waals surface area contributed by atoms with Crippen LogP contribution in [0, 0.1) is 0 Å². The van der Waals surface area contributed by atoms with Gasteiger partial charge in [-0.2, -0.15) is 0 Å². The number of aliphatic hydroxyl groups excluding tert-OH is 1. The number of methoxy groups -OCH3 is 1. The quantitative estimate of drug-likeness (QED) is 0.710. The molecule has 0 radical (unpaired) electrons. The van der Waals surface area contributed by atoms with Crippen LogP contribution in [-0.4, -0.2) is 47.2 Å². The number of carbonyl (C=O) groups is 1. The second kappa shape index (κ2) is 8.31. The number of nitrogens with one attached hydrogen (secondary N) is 1. The Balaban J connectivity index is 2.03. The summed E-state index contributed by atoms with van der Waals surface area (Å²) in [4.78, 5) is 13.3. The van der Waals surface area contributed by atoms with Gasteiger partial charge < -0.3 is 14.7 Å². The first-order chi connectivity index (χ1) is 12.2. The van der Waals surface area contributed by atoms with Gasteiger partial charge in [-0.1, -0.05) is 12.1 Å². The molecule has 7 nitrogen and oxygen atoms in total. The first kappa shape index (κ1) is 19.9.